The summed E-state index contributed by atoms with van der Waals surface area (Å²) in [6.45, 7) is 8.88. The van der Waals surface area contributed by atoms with Crippen LogP contribution in [0.3, 0.4) is 0 Å². The summed E-state index contributed by atoms with van der Waals surface area (Å²) in [5.41, 5.74) is 1.55. The van der Waals surface area contributed by atoms with Crippen molar-refractivity contribution in [2.45, 2.75) is 6.92 Å². The zero-order chi connectivity index (χ0) is 7.98. The molecule has 0 aliphatic carbocycles. The van der Waals surface area contributed by atoms with Gasteiger partial charge < -0.3 is 0 Å². The molecule has 0 aliphatic rings. The summed E-state index contributed by atoms with van der Waals surface area (Å²) < 4.78 is 0. The summed E-state index contributed by atoms with van der Waals surface area (Å²) in [4.78, 5) is 7.70. The van der Waals surface area contributed by atoms with E-state index in [2.05, 4.69) is 23.3 Å². The molecule has 0 aromatic rings. The number of hydrogen-bond donors (Lipinski definition) is 0. The maximum absolute atomic E-state index is 3.95. The molecule has 0 atom stereocenters. The Bertz CT molecular complexity index is 165. The zero-order valence-electron chi connectivity index (χ0n) is 6.46. The van der Waals surface area contributed by atoms with Gasteiger partial charge in [-0.25, -0.2) is 0 Å². The van der Waals surface area contributed by atoms with E-state index in [0.717, 1.165) is 11.4 Å². The lowest BCUT2D eigenvalue weighted by molar-refractivity contribution is 1.38. The van der Waals surface area contributed by atoms with Crippen molar-refractivity contribution < 1.29 is 0 Å². The van der Waals surface area contributed by atoms with Crippen LogP contribution < -0.4 is 0 Å². The average Bonchev–Trinajstić information content (AvgIpc) is 2.00. The molecule has 2 nitrogen and oxygen atoms in total. The van der Waals surface area contributed by atoms with Gasteiger partial charge in [0.1, 0.15) is 0 Å². The fraction of sp³-hybridized carbons (Fsp3) is 0.250. The molecule has 0 bridgehead atoms. The first kappa shape index (κ1) is 8.82. The zero-order valence-corrected chi connectivity index (χ0v) is 6.46. The van der Waals surface area contributed by atoms with Crippen molar-refractivity contribution in [3.63, 3.8) is 0 Å². The highest BCUT2D eigenvalue weighted by atomic mass is 14.8. The minimum atomic E-state index is 0.775. The lowest BCUT2D eigenvalue weighted by Crippen LogP contribution is -1.94. The molecule has 2 heteroatoms. The van der Waals surface area contributed by atoms with Crippen LogP contribution in [0.15, 0.2) is 34.4 Å². The second kappa shape index (κ2) is 4.68. The van der Waals surface area contributed by atoms with Crippen LogP contribution in [-0.4, -0.2) is 19.5 Å². The molecule has 0 spiro atoms. The van der Waals surface area contributed by atoms with E-state index < -0.39 is 0 Å². The van der Waals surface area contributed by atoms with Crippen molar-refractivity contribution >= 4 is 12.4 Å². The highest BCUT2D eigenvalue weighted by Crippen LogP contribution is 1.99. The first-order chi connectivity index (χ1) is 4.79. The van der Waals surface area contributed by atoms with Gasteiger partial charge in [0.2, 0.25) is 0 Å². The summed E-state index contributed by atoms with van der Waals surface area (Å²) in [5, 5.41) is 0. The quantitative estimate of drug-likeness (QED) is 0.529. The van der Waals surface area contributed by atoms with Crippen LogP contribution in [0.1, 0.15) is 6.92 Å². The minimum Gasteiger partial charge on any atom is -0.286 e. The average molecular weight is 136 g/mol. The van der Waals surface area contributed by atoms with Gasteiger partial charge in [-0.3, -0.25) is 9.98 Å². The summed E-state index contributed by atoms with van der Waals surface area (Å²) in [5.74, 6) is 0. The third-order valence-corrected chi connectivity index (χ3v) is 1.14. The highest BCUT2D eigenvalue weighted by Gasteiger charge is 1.94. The second-order valence-electron chi connectivity index (χ2n) is 1.65. The van der Waals surface area contributed by atoms with Crippen molar-refractivity contribution in [1.82, 2.24) is 0 Å². The van der Waals surface area contributed by atoms with E-state index in [0.29, 0.717) is 0 Å². The minimum absolute atomic E-state index is 0.775. The molecule has 0 heterocycles. The largest absolute Gasteiger partial charge is 0.286 e. The molecule has 0 fully saturated rings. The standard InChI is InChI=1S/C8H12N2/c1-5-7(9-3)8(6-2)10-4/h5-6H,1,4H2,2-3H3/b8-6-,9-7?. The Balaban J connectivity index is 4.58. The molecule has 10 heavy (non-hydrogen) atoms. The predicted octanol–water partition coefficient (Wildman–Crippen LogP) is 1.85. The Labute approximate surface area is 61.7 Å². The Morgan fingerprint density at radius 3 is 2.20 bits per heavy atom. The van der Waals surface area contributed by atoms with Crippen LogP contribution in [0.4, 0.5) is 0 Å². The number of rotatable bonds is 3. The van der Waals surface area contributed by atoms with Crippen LogP contribution in [-0.2, 0) is 0 Å². The Morgan fingerprint density at radius 2 is 2.10 bits per heavy atom. The van der Waals surface area contributed by atoms with Crippen molar-refractivity contribution in [1.29, 1.82) is 0 Å². The normalized spacial score (nSPS) is 13.0. The lowest BCUT2D eigenvalue weighted by atomic mass is 10.2. The topological polar surface area (TPSA) is 24.7 Å². The maximum atomic E-state index is 3.95. The highest BCUT2D eigenvalue weighted by molar-refractivity contribution is 6.08. The fourth-order valence-corrected chi connectivity index (χ4v) is 0.631. The number of hydrogen-bond acceptors (Lipinski definition) is 2. The second-order valence-corrected chi connectivity index (χ2v) is 1.65. The molecule has 0 aliphatic heterocycles. The molecule has 0 radical (unpaired) electrons. The van der Waals surface area contributed by atoms with Crippen LogP contribution in [0.2, 0.25) is 0 Å². The summed E-state index contributed by atoms with van der Waals surface area (Å²) in [6, 6.07) is 0. The van der Waals surface area contributed by atoms with Gasteiger partial charge in [-0.1, -0.05) is 12.7 Å². The molecule has 0 rings (SSSR count). The lowest BCUT2D eigenvalue weighted by Gasteiger charge is -1.96. The maximum Gasteiger partial charge on any atom is 0.0831 e. The van der Waals surface area contributed by atoms with Crippen LogP contribution in [0.25, 0.3) is 0 Å². The van der Waals surface area contributed by atoms with E-state index in [4.69, 9.17) is 0 Å². The third kappa shape index (κ3) is 1.97. The SMILES string of the molecule is C=CC(=NC)/C(=C/C)N=C. The Hall–Kier alpha value is -1.18. The number of allylic oxidation sites excluding steroid dienone is 2. The van der Waals surface area contributed by atoms with Gasteiger partial charge in [0.25, 0.3) is 0 Å². The van der Waals surface area contributed by atoms with Crippen molar-refractivity contribution in [3.8, 4) is 0 Å². The van der Waals surface area contributed by atoms with Crippen molar-refractivity contribution in [3.05, 3.63) is 24.4 Å². The van der Waals surface area contributed by atoms with E-state index in [1.54, 1.807) is 13.1 Å². The van der Waals surface area contributed by atoms with E-state index in [1.165, 1.54) is 0 Å². The van der Waals surface area contributed by atoms with Crippen LogP contribution in [0, 0.1) is 0 Å². The van der Waals surface area contributed by atoms with Gasteiger partial charge in [-0.15, -0.1) is 0 Å². The molecule has 0 N–H and O–H groups in total. The van der Waals surface area contributed by atoms with Gasteiger partial charge in [-0.2, -0.15) is 0 Å². The molecule has 0 unspecified atom stereocenters. The van der Waals surface area contributed by atoms with Gasteiger partial charge in [0.15, 0.2) is 0 Å². The molecule has 0 aromatic heterocycles. The molecule has 0 aromatic carbocycles. The van der Waals surface area contributed by atoms with Gasteiger partial charge in [0.05, 0.1) is 11.4 Å². The van der Waals surface area contributed by atoms with E-state index in [1.807, 2.05) is 13.0 Å². The van der Waals surface area contributed by atoms with Crippen molar-refractivity contribution in [2.24, 2.45) is 9.98 Å². The monoisotopic (exact) mass is 136 g/mol. The molecule has 0 saturated heterocycles. The van der Waals surface area contributed by atoms with Gasteiger partial charge >= 0.3 is 0 Å². The Kier molecular flexibility index (Phi) is 4.12. The number of nitrogens with zero attached hydrogens (tertiary/aromatic N) is 2. The summed E-state index contributed by atoms with van der Waals surface area (Å²) >= 11 is 0. The van der Waals surface area contributed by atoms with Crippen molar-refractivity contribution in [2.75, 3.05) is 7.05 Å². The molecular weight excluding hydrogens is 124 g/mol. The molecule has 0 saturated carbocycles. The Morgan fingerprint density at radius 1 is 1.50 bits per heavy atom. The predicted molar refractivity (Wildman–Crippen MR) is 46.9 cm³/mol. The van der Waals surface area contributed by atoms with Gasteiger partial charge in [-0.05, 0) is 19.7 Å². The summed E-state index contributed by atoms with van der Waals surface area (Å²) in [7, 11) is 1.70. The third-order valence-electron chi connectivity index (χ3n) is 1.14. The van der Waals surface area contributed by atoms with Gasteiger partial charge in [0, 0.05) is 7.05 Å². The summed E-state index contributed by atoms with van der Waals surface area (Å²) in [6.07, 6.45) is 3.50. The van der Waals surface area contributed by atoms with Crippen LogP contribution in [0.5, 0.6) is 0 Å². The van der Waals surface area contributed by atoms with E-state index >= 15 is 0 Å². The van der Waals surface area contributed by atoms with E-state index in [-0.39, 0.29) is 0 Å². The van der Waals surface area contributed by atoms with E-state index in [9.17, 15) is 0 Å². The molecule has 54 valence electrons. The first-order valence-corrected chi connectivity index (χ1v) is 3.02. The smallest absolute Gasteiger partial charge is 0.0831 e. The fourth-order valence-electron chi connectivity index (χ4n) is 0.631. The number of aliphatic imine (C=N–C) groups is 2. The molecular formula is C8H12N2. The molecule has 0 amide bonds. The first-order valence-electron chi connectivity index (χ1n) is 3.02. The van der Waals surface area contributed by atoms with Crippen LogP contribution >= 0.6 is 0 Å².